The lowest BCUT2D eigenvalue weighted by Gasteiger charge is -2.34. The quantitative estimate of drug-likeness (QED) is 0.236. The van der Waals surface area contributed by atoms with Gasteiger partial charge < -0.3 is 35.2 Å². The van der Waals surface area contributed by atoms with Gasteiger partial charge in [0.25, 0.3) is 5.91 Å². The van der Waals surface area contributed by atoms with Gasteiger partial charge in [0.15, 0.2) is 0 Å². The van der Waals surface area contributed by atoms with Gasteiger partial charge in [-0.3, -0.25) is 9.69 Å². The number of hydrogen-bond acceptors (Lipinski definition) is 7. The number of benzene rings is 3. The summed E-state index contributed by atoms with van der Waals surface area (Å²) in [6, 6.07) is 21.4. The number of aliphatic hydroxyl groups excluding tert-OH is 2. The molecule has 3 aromatic carbocycles. The van der Waals surface area contributed by atoms with Crippen molar-refractivity contribution in [3.8, 4) is 5.75 Å². The molecule has 0 aliphatic carbocycles. The van der Waals surface area contributed by atoms with Crippen molar-refractivity contribution in [1.82, 2.24) is 9.80 Å². The molecule has 236 valence electrons. The van der Waals surface area contributed by atoms with Crippen molar-refractivity contribution >= 4 is 29.4 Å². The summed E-state index contributed by atoms with van der Waals surface area (Å²) in [6.45, 7) is 4.69. The average molecular weight is 607 g/mol. The summed E-state index contributed by atoms with van der Waals surface area (Å²) in [5, 5.41) is 26.5. The standard InChI is InChI=1S/C33H42N4O7/c1-33(2,3)44-32(42)37(20-28(39)22-43-29-12-7-6-8-13-29)27(21-38)18-23-14-16-25(17-15-23)34-31(41)35-26-11-9-10-24(19-26)30(40)36(4)5/h6-17,19,27-28,38-39H,18,20-22H2,1-5H3,(H2,34,35,41)/t27-,28-/m0/s1. The maximum absolute atomic E-state index is 13.1. The van der Waals surface area contributed by atoms with Crippen LogP contribution in [0.3, 0.4) is 0 Å². The number of aliphatic hydroxyl groups is 2. The fourth-order valence-electron chi connectivity index (χ4n) is 4.23. The van der Waals surface area contributed by atoms with Gasteiger partial charge in [0, 0.05) is 31.0 Å². The second kappa shape index (κ2) is 15.7. The Hall–Kier alpha value is -4.61. The molecule has 4 amide bonds. The molecule has 0 fully saturated rings. The Labute approximate surface area is 258 Å². The van der Waals surface area contributed by atoms with Crippen molar-refractivity contribution < 1.29 is 34.1 Å². The number of anilines is 2. The van der Waals surface area contributed by atoms with E-state index in [0.717, 1.165) is 5.56 Å². The zero-order valence-electron chi connectivity index (χ0n) is 25.8. The van der Waals surface area contributed by atoms with E-state index < -0.39 is 29.9 Å². The monoisotopic (exact) mass is 606 g/mol. The minimum Gasteiger partial charge on any atom is -0.491 e. The molecule has 0 aliphatic rings. The minimum atomic E-state index is -1.04. The summed E-state index contributed by atoms with van der Waals surface area (Å²) < 4.78 is 11.2. The van der Waals surface area contributed by atoms with E-state index in [-0.39, 0.29) is 32.1 Å². The molecule has 0 saturated carbocycles. The summed E-state index contributed by atoms with van der Waals surface area (Å²) in [5.41, 5.74) is 1.44. The van der Waals surface area contributed by atoms with Gasteiger partial charge in [-0.1, -0.05) is 36.4 Å². The first-order chi connectivity index (χ1) is 20.8. The number of rotatable bonds is 12. The topological polar surface area (TPSA) is 141 Å². The Morgan fingerprint density at radius 2 is 1.55 bits per heavy atom. The second-order valence-corrected chi connectivity index (χ2v) is 11.5. The molecule has 3 rings (SSSR count). The number of amides is 4. The summed E-state index contributed by atoms with van der Waals surface area (Å²) in [7, 11) is 3.31. The van der Waals surface area contributed by atoms with Crippen molar-refractivity contribution in [2.45, 2.75) is 44.9 Å². The molecule has 11 nitrogen and oxygen atoms in total. The average Bonchev–Trinajstić information content (AvgIpc) is 2.98. The number of carbonyl (C=O) groups excluding carboxylic acids is 3. The first kappa shape index (κ1) is 33.9. The Bertz CT molecular complexity index is 1370. The zero-order chi connectivity index (χ0) is 32.3. The van der Waals surface area contributed by atoms with Crippen LogP contribution in [0.25, 0.3) is 0 Å². The van der Waals surface area contributed by atoms with Crippen molar-refractivity contribution in [1.29, 1.82) is 0 Å². The van der Waals surface area contributed by atoms with Crippen molar-refractivity contribution in [2.24, 2.45) is 0 Å². The van der Waals surface area contributed by atoms with Crippen LogP contribution in [0.5, 0.6) is 5.75 Å². The first-order valence-electron chi connectivity index (χ1n) is 14.3. The Kier molecular flexibility index (Phi) is 12.1. The number of nitrogens with one attached hydrogen (secondary N) is 2. The number of urea groups is 1. The number of nitrogens with zero attached hydrogens (tertiary/aromatic N) is 2. The van der Waals surface area contributed by atoms with E-state index in [2.05, 4.69) is 10.6 Å². The summed E-state index contributed by atoms with van der Waals surface area (Å²) in [5.74, 6) is 0.412. The Morgan fingerprint density at radius 1 is 0.886 bits per heavy atom. The third-order valence-corrected chi connectivity index (χ3v) is 6.33. The highest BCUT2D eigenvalue weighted by Gasteiger charge is 2.30. The van der Waals surface area contributed by atoms with Gasteiger partial charge in [0.1, 0.15) is 24.1 Å². The molecular weight excluding hydrogens is 564 g/mol. The third-order valence-electron chi connectivity index (χ3n) is 6.33. The SMILES string of the molecule is CN(C)C(=O)c1cccc(NC(=O)Nc2ccc(C[C@@H](CO)N(C[C@H](O)COc3ccccc3)C(=O)OC(C)(C)C)cc2)c1. The highest BCUT2D eigenvalue weighted by atomic mass is 16.6. The highest BCUT2D eigenvalue weighted by Crippen LogP contribution is 2.19. The van der Waals surface area contributed by atoms with Crippen molar-refractivity contribution in [3.63, 3.8) is 0 Å². The molecule has 0 aliphatic heterocycles. The summed E-state index contributed by atoms with van der Waals surface area (Å²) in [6.07, 6.45) is -1.44. The van der Waals surface area contributed by atoms with Crippen LogP contribution in [0.15, 0.2) is 78.9 Å². The van der Waals surface area contributed by atoms with Crippen LogP contribution < -0.4 is 15.4 Å². The van der Waals surface area contributed by atoms with Gasteiger partial charge in [0.05, 0.1) is 19.2 Å². The van der Waals surface area contributed by atoms with Crippen LogP contribution in [0.4, 0.5) is 21.0 Å². The Morgan fingerprint density at radius 3 is 2.16 bits per heavy atom. The number of hydrogen-bond donors (Lipinski definition) is 4. The van der Waals surface area contributed by atoms with Crippen LogP contribution in [0.2, 0.25) is 0 Å². The van der Waals surface area contributed by atoms with Gasteiger partial charge in [-0.15, -0.1) is 0 Å². The fraction of sp³-hybridized carbons (Fsp3) is 0.364. The van der Waals surface area contributed by atoms with E-state index in [9.17, 15) is 24.6 Å². The van der Waals surface area contributed by atoms with Crippen LogP contribution in [-0.2, 0) is 11.2 Å². The van der Waals surface area contributed by atoms with Gasteiger partial charge in [-0.05, 0) is 75.2 Å². The van der Waals surface area contributed by atoms with Gasteiger partial charge in [0.2, 0.25) is 0 Å². The van der Waals surface area contributed by atoms with E-state index >= 15 is 0 Å². The van der Waals surface area contributed by atoms with E-state index in [4.69, 9.17) is 9.47 Å². The van der Waals surface area contributed by atoms with Gasteiger partial charge in [-0.2, -0.15) is 0 Å². The maximum atomic E-state index is 13.1. The number of para-hydroxylation sites is 1. The predicted octanol–water partition coefficient (Wildman–Crippen LogP) is 4.61. The molecule has 0 heterocycles. The fourth-order valence-corrected chi connectivity index (χ4v) is 4.23. The van der Waals surface area contributed by atoms with Crippen LogP contribution in [0.1, 0.15) is 36.7 Å². The first-order valence-corrected chi connectivity index (χ1v) is 14.3. The smallest absolute Gasteiger partial charge is 0.410 e. The lowest BCUT2D eigenvalue weighted by Crippen LogP contribution is -2.50. The maximum Gasteiger partial charge on any atom is 0.410 e. The number of carbonyl (C=O) groups is 3. The molecule has 2 atom stereocenters. The van der Waals surface area contributed by atoms with Crippen molar-refractivity contribution in [2.75, 3.05) is 44.5 Å². The van der Waals surface area contributed by atoms with Crippen LogP contribution >= 0.6 is 0 Å². The zero-order valence-corrected chi connectivity index (χ0v) is 25.8. The highest BCUT2D eigenvalue weighted by molar-refractivity contribution is 6.01. The molecule has 0 saturated heterocycles. The molecule has 0 bridgehead atoms. The molecule has 4 N–H and O–H groups in total. The molecule has 0 aromatic heterocycles. The predicted molar refractivity (Wildman–Crippen MR) is 169 cm³/mol. The van der Waals surface area contributed by atoms with E-state index in [1.807, 2.05) is 18.2 Å². The number of ether oxygens (including phenoxy) is 2. The molecule has 44 heavy (non-hydrogen) atoms. The van der Waals surface area contributed by atoms with Gasteiger partial charge >= 0.3 is 12.1 Å². The largest absolute Gasteiger partial charge is 0.491 e. The molecule has 0 spiro atoms. The minimum absolute atomic E-state index is 0.0554. The van der Waals surface area contributed by atoms with E-state index in [1.165, 1.54) is 9.80 Å². The molecule has 0 radical (unpaired) electrons. The summed E-state index contributed by atoms with van der Waals surface area (Å²) in [4.78, 5) is 40.7. The molecule has 0 unspecified atom stereocenters. The molecule has 11 heteroatoms. The lowest BCUT2D eigenvalue weighted by molar-refractivity contribution is -0.00891. The van der Waals surface area contributed by atoms with Gasteiger partial charge in [-0.25, -0.2) is 9.59 Å². The van der Waals surface area contributed by atoms with Crippen LogP contribution in [-0.4, -0.2) is 89.6 Å². The molecular formula is C33H42N4O7. The summed E-state index contributed by atoms with van der Waals surface area (Å²) >= 11 is 0. The Balaban J connectivity index is 1.64. The van der Waals surface area contributed by atoms with Crippen LogP contribution in [0, 0.1) is 0 Å². The van der Waals surface area contributed by atoms with E-state index in [0.29, 0.717) is 22.7 Å². The van der Waals surface area contributed by atoms with Crippen molar-refractivity contribution in [3.05, 3.63) is 90.0 Å². The second-order valence-electron chi connectivity index (χ2n) is 11.5. The normalized spacial score (nSPS) is 12.4. The third kappa shape index (κ3) is 10.9. The van der Waals surface area contributed by atoms with E-state index in [1.54, 1.807) is 95.5 Å². The molecule has 3 aromatic rings. The lowest BCUT2D eigenvalue weighted by atomic mass is 10.0.